The zero-order chi connectivity index (χ0) is 20.3. The lowest BCUT2D eigenvalue weighted by molar-refractivity contribution is 1.49. The number of hydrogen-bond donors (Lipinski definition) is 1. The Kier molecular flexibility index (Phi) is 6.77. The van der Waals surface area contributed by atoms with E-state index >= 15 is 0 Å². The second-order valence-electron chi connectivity index (χ2n) is 6.17. The number of nitrogens with zero attached hydrogens (tertiary/aromatic N) is 2. The quantitative estimate of drug-likeness (QED) is 0.339. The zero-order valence-electron chi connectivity index (χ0n) is 15.8. The molecule has 0 unspecified atom stereocenters. The first kappa shape index (κ1) is 19.4. The predicted octanol–water partition coefficient (Wildman–Crippen LogP) is 6.44. The van der Waals surface area contributed by atoms with Crippen LogP contribution in [0.1, 0.15) is 11.1 Å². The molecule has 5 rings (SSSR count). The topological polar surface area (TPSA) is 63.4 Å². The summed E-state index contributed by atoms with van der Waals surface area (Å²) in [5, 5.41) is 19.2. The maximum atomic E-state index is 8.29. The summed E-state index contributed by atoms with van der Waals surface area (Å²) in [7, 11) is 0. The molecule has 3 heteroatoms. The fraction of sp³-hybridized carbons (Fsp3) is 0. The maximum absolute atomic E-state index is 8.29. The van der Waals surface area contributed by atoms with Crippen LogP contribution in [-0.4, -0.2) is 4.98 Å². The van der Waals surface area contributed by atoms with Crippen molar-refractivity contribution in [3.63, 3.8) is 0 Å². The number of aromatic amines is 1. The van der Waals surface area contributed by atoms with Crippen molar-refractivity contribution < 1.29 is 0 Å². The number of benzene rings is 4. The highest BCUT2D eigenvalue weighted by molar-refractivity contribution is 6.06. The normalized spacial score (nSPS) is 9.31. The van der Waals surface area contributed by atoms with Gasteiger partial charge in [-0.3, -0.25) is 0 Å². The summed E-state index contributed by atoms with van der Waals surface area (Å²) in [4.78, 5) is 3.38. The van der Waals surface area contributed by atoms with Gasteiger partial charge in [0.05, 0.1) is 23.3 Å². The number of aromatic nitrogens is 1. The second-order valence-corrected chi connectivity index (χ2v) is 6.17. The van der Waals surface area contributed by atoms with Crippen LogP contribution in [0.5, 0.6) is 0 Å². The molecule has 1 aromatic heterocycles. The molecule has 1 heterocycles. The third kappa shape index (κ3) is 5.32. The number of rotatable bonds is 0. The molecule has 0 amide bonds. The van der Waals surface area contributed by atoms with Gasteiger partial charge in [0.1, 0.15) is 0 Å². The molecule has 0 radical (unpaired) electrons. The maximum Gasteiger partial charge on any atom is 0.0991 e. The molecule has 0 fully saturated rings. The van der Waals surface area contributed by atoms with Crippen molar-refractivity contribution in [2.24, 2.45) is 0 Å². The molecule has 3 nitrogen and oxygen atoms in total. The molecule has 0 aliphatic heterocycles. The van der Waals surface area contributed by atoms with E-state index in [0.29, 0.717) is 11.1 Å². The van der Waals surface area contributed by atoms with E-state index in [-0.39, 0.29) is 0 Å². The Morgan fingerprint density at radius 2 is 0.793 bits per heavy atom. The fourth-order valence-electron chi connectivity index (χ4n) is 2.82. The van der Waals surface area contributed by atoms with Gasteiger partial charge in [0.25, 0.3) is 0 Å². The summed E-state index contributed by atoms with van der Waals surface area (Å²) in [5.74, 6) is 0. The lowest BCUT2D eigenvalue weighted by atomic mass is 10.2. The third-order valence-electron chi connectivity index (χ3n) is 4.22. The predicted molar refractivity (Wildman–Crippen MR) is 118 cm³/mol. The van der Waals surface area contributed by atoms with Gasteiger partial charge < -0.3 is 4.98 Å². The van der Waals surface area contributed by atoms with E-state index in [4.69, 9.17) is 10.5 Å². The first-order valence-corrected chi connectivity index (χ1v) is 9.17. The number of nitrogens with one attached hydrogen (secondary N) is 1. The number of hydrogen-bond acceptors (Lipinski definition) is 2. The average molecular weight is 373 g/mol. The molecule has 5 aromatic rings. The molecule has 1 N–H and O–H groups in total. The molecule has 0 aliphatic carbocycles. The SMILES string of the molecule is N#Cc1ccccc1.N#Cc1ccccc1.c1ccc2c(c1)[nH]c1ccccc12. The summed E-state index contributed by atoms with van der Waals surface area (Å²) in [5.41, 5.74) is 3.85. The van der Waals surface area contributed by atoms with Gasteiger partial charge in [-0.2, -0.15) is 10.5 Å². The first-order valence-electron chi connectivity index (χ1n) is 9.17. The van der Waals surface area contributed by atoms with Crippen LogP contribution in [0, 0.1) is 22.7 Å². The Bertz CT molecular complexity index is 1160. The highest BCUT2D eigenvalue weighted by Crippen LogP contribution is 2.24. The van der Waals surface area contributed by atoms with Gasteiger partial charge in [0.2, 0.25) is 0 Å². The van der Waals surface area contributed by atoms with Gasteiger partial charge in [-0.05, 0) is 36.4 Å². The van der Waals surface area contributed by atoms with Crippen molar-refractivity contribution in [3.05, 3.63) is 120 Å². The van der Waals surface area contributed by atoms with Crippen LogP contribution in [0.15, 0.2) is 109 Å². The smallest absolute Gasteiger partial charge is 0.0991 e. The van der Waals surface area contributed by atoms with E-state index in [2.05, 4.69) is 53.5 Å². The van der Waals surface area contributed by atoms with Crippen LogP contribution in [0.25, 0.3) is 21.8 Å². The van der Waals surface area contributed by atoms with Crippen LogP contribution in [0.3, 0.4) is 0 Å². The van der Waals surface area contributed by atoms with E-state index in [1.54, 1.807) is 24.3 Å². The van der Waals surface area contributed by atoms with Crippen molar-refractivity contribution in [1.29, 1.82) is 10.5 Å². The van der Waals surface area contributed by atoms with Crippen LogP contribution in [-0.2, 0) is 0 Å². The molecule has 0 saturated carbocycles. The first-order chi connectivity index (χ1) is 14.3. The lowest BCUT2D eigenvalue weighted by Crippen LogP contribution is -1.66. The Hall–Kier alpha value is -4.34. The molecular weight excluding hydrogens is 354 g/mol. The molecule has 4 aromatic carbocycles. The summed E-state index contributed by atoms with van der Waals surface area (Å²) >= 11 is 0. The summed E-state index contributed by atoms with van der Waals surface area (Å²) in [6.45, 7) is 0. The Morgan fingerprint density at radius 1 is 0.448 bits per heavy atom. The number of nitriles is 2. The number of H-pyrrole nitrogens is 1. The Labute approximate surface area is 170 Å². The second kappa shape index (κ2) is 10.1. The molecule has 0 bridgehead atoms. The van der Waals surface area contributed by atoms with Gasteiger partial charge in [-0.1, -0.05) is 72.8 Å². The van der Waals surface area contributed by atoms with Gasteiger partial charge in [-0.25, -0.2) is 0 Å². The average Bonchev–Trinajstić information content (AvgIpc) is 3.20. The van der Waals surface area contributed by atoms with Gasteiger partial charge in [0, 0.05) is 21.8 Å². The van der Waals surface area contributed by atoms with E-state index < -0.39 is 0 Å². The molecule has 0 aliphatic rings. The molecule has 138 valence electrons. The Balaban J connectivity index is 0.000000132. The minimum Gasteiger partial charge on any atom is -0.355 e. The van der Waals surface area contributed by atoms with Crippen molar-refractivity contribution >= 4 is 21.8 Å². The van der Waals surface area contributed by atoms with Crippen LogP contribution in [0.2, 0.25) is 0 Å². The summed E-state index contributed by atoms with van der Waals surface area (Å²) in [6.07, 6.45) is 0. The van der Waals surface area contributed by atoms with Crippen molar-refractivity contribution in [1.82, 2.24) is 4.98 Å². The van der Waals surface area contributed by atoms with E-state index in [1.165, 1.54) is 21.8 Å². The molecule has 0 atom stereocenters. The lowest BCUT2D eigenvalue weighted by Gasteiger charge is -1.87. The minimum absolute atomic E-state index is 0.715. The van der Waals surface area contributed by atoms with Gasteiger partial charge in [-0.15, -0.1) is 0 Å². The zero-order valence-corrected chi connectivity index (χ0v) is 15.8. The minimum atomic E-state index is 0.715. The summed E-state index contributed by atoms with van der Waals surface area (Å²) in [6, 6.07) is 39.1. The van der Waals surface area contributed by atoms with E-state index in [9.17, 15) is 0 Å². The highest BCUT2D eigenvalue weighted by Gasteiger charge is 2.00. The molecular formula is C26H19N3. The fourth-order valence-corrected chi connectivity index (χ4v) is 2.82. The van der Waals surface area contributed by atoms with Crippen LogP contribution >= 0.6 is 0 Å². The summed E-state index contributed by atoms with van der Waals surface area (Å²) < 4.78 is 0. The standard InChI is InChI=1S/C12H9N.2C7H5N/c1-3-7-11-9(5-1)10-6-2-4-8-12(10)13-11;2*8-6-7-4-2-1-3-5-7/h1-8,13H;2*1-5H. The van der Waals surface area contributed by atoms with E-state index in [0.717, 1.165) is 0 Å². The van der Waals surface area contributed by atoms with Crippen molar-refractivity contribution in [2.75, 3.05) is 0 Å². The molecule has 29 heavy (non-hydrogen) atoms. The highest BCUT2D eigenvalue weighted by atomic mass is 14.7. The van der Waals surface area contributed by atoms with Gasteiger partial charge >= 0.3 is 0 Å². The molecule has 0 saturated heterocycles. The Morgan fingerprint density at radius 3 is 1.14 bits per heavy atom. The third-order valence-corrected chi connectivity index (χ3v) is 4.22. The molecule has 0 spiro atoms. The number of fused-ring (bicyclic) bond motifs is 3. The van der Waals surface area contributed by atoms with E-state index in [1.807, 2.05) is 48.5 Å². The number of para-hydroxylation sites is 2. The van der Waals surface area contributed by atoms with Crippen LogP contribution < -0.4 is 0 Å². The van der Waals surface area contributed by atoms with Crippen molar-refractivity contribution in [3.8, 4) is 12.1 Å². The van der Waals surface area contributed by atoms with Gasteiger partial charge in [0.15, 0.2) is 0 Å². The van der Waals surface area contributed by atoms with Crippen molar-refractivity contribution in [2.45, 2.75) is 0 Å². The monoisotopic (exact) mass is 373 g/mol. The largest absolute Gasteiger partial charge is 0.355 e. The van der Waals surface area contributed by atoms with Crippen LogP contribution in [0.4, 0.5) is 0 Å².